The molecule has 4 nitrogen and oxygen atoms in total. The van der Waals surface area contributed by atoms with Gasteiger partial charge in [-0.1, -0.05) is 18.5 Å². The van der Waals surface area contributed by atoms with Gasteiger partial charge in [-0.3, -0.25) is 0 Å². The van der Waals surface area contributed by atoms with E-state index in [0.717, 1.165) is 42.5 Å². The lowest BCUT2D eigenvalue weighted by molar-refractivity contribution is -0.137. The molecule has 0 bridgehead atoms. The molecule has 0 saturated carbocycles. The van der Waals surface area contributed by atoms with Crippen molar-refractivity contribution in [2.24, 2.45) is 0 Å². The molecule has 1 fully saturated rings. The molecule has 0 unspecified atom stereocenters. The molecule has 1 aliphatic heterocycles. The van der Waals surface area contributed by atoms with Crippen molar-refractivity contribution in [1.29, 1.82) is 0 Å². The van der Waals surface area contributed by atoms with E-state index in [1.54, 1.807) is 0 Å². The van der Waals surface area contributed by atoms with Gasteiger partial charge in [0, 0.05) is 13.1 Å². The van der Waals surface area contributed by atoms with Crippen molar-refractivity contribution >= 4 is 21.6 Å². The Morgan fingerprint density at radius 3 is 2.40 bits per heavy atom. The lowest BCUT2D eigenvalue weighted by Crippen LogP contribution is -2.45. The molecule has 0 spiro atoms. The largest absolute Gasteiger partial charge is 0.416 e. The van der Waals surface area contributed by atoms with Gasteiger partial charge in [-0.15, -0.1) is 0 Å². The number of sulfonamides is 1. The Morgan fingerprint density at radius 2 is 1.88 bits per heavy atom. The minimum Gasteiger partial charge on any atom is -0.303 e. The van der Waals surface area contributed by atoms with E-state index < -0.39 is 26.7 Å². The third-order valence-electron chi connectivity index (χ3n) is 4.53. The summed E-state index contributed by atoms with van der Waals surface area (Å²) in [5.41, 5.74) is -1.03. The number of piperidine rings is 1. The first-order valence-electron chi connectivity index (χ1n) is 8.14. The summed E-state index contributed by atoms with van der Waals surface area (Å²) in [6.45, 7) is 4.59. The molecule has 0 amide bonds. The van der Waals surface area contributed by atoms with Crippen molar-refractivity contribution in [1.82, 2.24) is 9.21 Å². The monoisotopic (exact) mass is 398 g/mol. The number of benzene rings is 1. The molecular formula is C16H22ClF3N2O2S. The van der Waals surface area contributed by atoms with Crippen molar-refractivity contribution in [2.75, 3.05) is 26.7 Å². The standard InChI is InChI=1S/C16H22ClF3N2O2S/c1-3-8-22-9-6-13(7-10-22)21(2)25(23,24)15-11-12(16(18,19)20)4-5-14(15)17/h4-5,11,13H,3,6-10H2,1-2H3. The number of alkyl halides is 3. The minimum absolute atomic E-state index is 0.205. The first-order chi connectivity index (χ1) is 11.6. The highest BCUT2D eigenvalue weighted by atomic mass is 35.5. The van der Waals surface area contributed by atoms with E-state index in [1.165, 1.54) is 7.05 Å². The number of nitrogens with zero attached hydrogens (tertiary/aromatic N) is 2. The van der Waals surface area contributed by atoms with Crippen LogP contribution in [0.5, 0.6) is 0 Å². The molecule has 1 saturated heterocycles. The highest BCUT2D eigenvalue weighted by Crippen LogP contribution is 2.35. The Balaban J connectivity index is 2.24. The number of hydrogen-bond acceptors (Lipinski definition) is 3. The van der Waals surface area contributed by atoms with Gasteiger partial charge in [-0.2, -0.15) is 17.5 Å². The van der Waals surface area contributed by atoms with Gasteiger partial charge in [0.25, 0.3) is 0 Å². The van der Waals surface area contributed by atoms with Crippen LogP contribution in [0.15, 0.2) is 23.1 Å². The molecule has 0 aromatic heterocycles. The quantitative estimate of drug-likeness (QED) is 0.756. The average molecular weight is 399 g/mol. The van der Waals surface area contributed by atoms with Gasteiger partial charge in [0.15, 0.2) is 0 Å². The zero-order chi connectivity index (χ0) is 18.8. The number of halogens is 4. The van der Waals surface area contributed by atoms with E-state index in [2.05, 4.69) is 11.8 Å². The summed E-state index contributed by atoms with van der Waals surface area (Å²) in [5.74, 6) is 0. The molecule has 25 heavy (non-hydrogen) atoms. The van der Waals surface area contributed by atoms with E-state index in [0.29, 0.717) is 18.9 Å². The predicted octanol–water partition coefficient (Wildman–Crippen LogP) is 3.85. The maximum atomic E-state index is 12.9. The lowest BCUT2D eigenvalue weighted by Gasteiger charge is -2.36. The van der Waals surface area contributed by atoms with Crippen molar-refractivity contribution in [3.05, 3.63) is 28.8 Å². The summed E-state index contributed by atoms with van der Waals surface area (Å²) in [5, 5.41) is -0.205. The fourth-order valence-electron chi connectivity index (χ4n) is 3.05. The van der Waals surface area contributed by atoms with Crippen molar-refractivity contribution < 1.29 is 21.6 Å². The zero-order valence-electron chi connectivity index (χ0n) is 14.2. The van der Waals surface area contributed by atoms with Gasteiger partial charge in [-0.05, 0) is 57.1 Å². The van der Waals surface area contributed by atoms with E-state index >= 15 is 0 Å². The highest BCUT2D eigenvalue weighted by molar-refractivity contribution is 7.89. The molecule has 0 aliphatic carbocycles. The zero-order valence-corrected chi connectivity index (χ0v) is 15.8. The summed E-state index contributed by atoms with van der Waals surface area (Å²) in [7, 11) is -2.69. The minimum atomic E-state index is -4.63. The molecule has 1 aromatic carbocycles. The number of rotatable bonds is 5. The van der Waals surface area contributed by atoms with Crippen molar-refractivity contribution in [2.45, 2.75) is 43.3 Å². The fourth-order valence-corrected chi connectivity index (χ4v) is 4.97. The summed E-state index contributed by atoms with van der Waals surface area (Å²) in [4.78, 5) is 1.76. The smallest absolute Gasteiger partial charge is 0.303 e. The average Bonchev–Trinajstić information content (AvgIpc) is 2.54. The van der Waals surface area contributed by atoms with Gasteiger partial charge >= 0.3 is 6.18 Å². The number of likely N-dealkylation sites (tertiary alicyclic amines) is 1. The van der Waals surface area contributed by atoms with Crippen molar-refractivity contribution in [3.8, 4) is 0 Å². The van der Waals surface area contributed by atoms with E-state index in [1.807, 2.05) is 0 Å². The Bertz CT molecular complexity index is 702. The van der Waals surface area contributed by atoms with E-state index in [9.17, 15) is 21.6 Å². The van der Waals surface area contributed by atoms with Crippen LogP contribution in [-0.2, 0) is 16.2 Å². The normalized spacial score (nSPS) is 18.0. The molecular weight excluding hydrogens is 377 g/mol. The third-order valence-corrected chi connectivity index (χ3v) is 6.92. The second kappa shape index (κ2) is 7.82. The van der Waals surface area contributed by atoms with Crippen LogP contribution in [0.1, 0.15) is 31.7 Å². The van der Waals surface area contributed by atoms with Gasteiger partial charge in [0.1, 0.15) is 4.90 Å². The third kappa shape index (κ3) is 4.67. The molecule has 9 heteroatoms. The topological polar surface area (TPSA) is 40.6 Å². The van der Waals surface area contributed by atoms with Gasteiger partial charge < -0.3 is 4.90 Å². The Kier molecular flexibility index (Phi) is 6.40. The van der Waals surface area contributed by atoms with Crippen LogP contribution in [0.3, 0.4) is 0 Å². The molecule has 1 aromatic rings. The molecule has 142 valence electrons. The summed E-state index contributed by atoms with van der Waals surface area (Å²) in [6, 6.07) is 2.13. The van der Waals surface area contributed by atoms with Crippen LogP contribution < -0.4 is 0 Å². The molecule has 1 heterocycles. The molecule has 0 N–H and O–H groups in total. The molecule has 0 atom stereocenters. The maximum Gasteiger partial charge on any atom is 0.416 e. The number of hydrogen-bond donors (Lipinski definition) is 0. The first-order valence-corrected chi connectivity index (χ1v) is 9.96. The Hall–Kier alpha value is -0.830. The fraction of sp³-hybridized carbons (Fsp3) is 0.625. The predicted molar refractivity (Wildman–Crippen MR) is 91.2 cm³/mol. The van der Waals surface area contributed by atoms with Gasteiger partial charge in [0.05, 0.1) is 10.6 Å². The van der Waals surface area contributed by atoms with E-state index in [-0.39, 0.29) is 11.1 Å². The molecule has 1 aliphatic rings. The van der Waals surface area contributed by atoms with Crippen LogP contribution in [0.2, 0.25) is 5.02 Å². The first kappa shape index (κ1) is 20.5. The summed E-state index contributed by atoms with van der Waals surface area (Å²) in [6.07, 6.45) is -2.31. The van der Waals surface area contributed by atoms with E-state index in [4.69, 9.17) is 11.6 Å². The van der Waals surface area contributed by atoms with Gasteiger partial charge in [0.2, 0.25) is 10.0 Å². The summed E-state index contributed by atoms with van der Waals surface area (Å²) < 4.78 is 65.5. The highest BCUT2D eigenvalue weighted by Gasteiger charge is 2.36. The summed E-state index contributed by atoms with van der Waals surface area (Å²) >= 11 is 5.90. The second-order valence-electron chi connectivity index (χ2n) is 6.24. The lowest BCUT2D eigenvalue weighted by atomic mass is 10.1. The van der Waals surface area contributed by atoms with Crippen LogP contribution in [0.4, 0.5) is 13.2 Å². The van der Waals surface area contributed by atoms with Crippen LogP contribution in [0.25, 0.3) is 0 Å². The molecule has 0 radical (unpaired) electrons. The molecule has 2 rings (SSSR count). The van der Waals surface area contributed by atoms with Crippen molar-refractivity contribution in [3.63, 3.8) is 0 Å². The second-order valence-corrected chi connectivity index (χ2v) is 8.61. The maximum absolute atomic E-state index is 12.9. The van der Waals surface area contributed by atoms with Crippen LogP contribution in [0, 0.1) is 0 Å². The SMILES string of the molecule is CCCN1CCC(N(C)S(=O)(=O)c2cc(C(F)(F)F)ccc2Cl)CC1. The Labute approximate surface area is 151 Å². The van der Waals surface area contributed by atoms with Crippen LogP contribution >= 0.6 is 11.6 Å². The van der Waals surface area contributed by atoms with Gasteiger partial charge in [-0.25, -0.2) is 8.42 Å². The Morgan fingerprint density at radius 1 is 1.28 bits per heavy atom. The van der Waals surface area contributed by atoms with Crippen LogP contribution in [-0.4, -0.2) is 50.3 Å².